The zero-order valence-electron chi connectivity index (χ0n) is 8.67. The molecule has 2 saturated heterocycles. The van der Waals surface area contributed by atoms with Crippen molar-refractivity contribution in [2.45, 2.75) is 43.8 Å². The lowest BCUT2D eigenvalue weighted by Gasteiger charge is -2.26. The summed E-state index contributed by atoms with van der Waals surface area (Å²) < 4.78 is 5.46. The van der Waals surface area contributed by atoms with Gasteiger partial charge in [0.15, 0.2) is 0 Å². The molecule has 3 unspecified atom stereocenters. The first-order valence-electron chi connectivity index (χ1n) is 6.00. The molecule has 0 amide bonds. The summed E-state index contributed by atoms with van der Waals surface area (Å²) >= 11 is 0. The van der Waals surface area contributed by atoms with E-state index in [1.54, 1.807) is 0 Å². The third kappa shape index (κ3) is 1.81. The van der Waals surface area contributed by atoms with Gasteiger partial charge in [-0.15, -0.1) is 0 Å². The minimum Gasteiger partial charge on any atom is -0.379 e. The zero-order chi connectivity index (χ0) is 9.38. The standard InChI is InChI=1S/C11H20N2O/c1-2-8(3-1)11-10(13-11)6-9-7-14-5-4-12-9/h8-13H,1-7H2. The third-order valence-electron chi connectivity index (χ3n) is 3.93. The number of rotatable bonds is 3. The van der Waals surface area contributed by atoms with Crippen LogP contribution in [0.3, 0.4) is 0 Å². The summed E-state index contributed by atoms with van der Waals surface area (Å²) in [6.07, 6.45) is 5.65. The highest BCUT2D eigenvalue weighted by Gasteiger charge is 2.44. The first kappa shape index (κ1) is 9.13. The third-order valence-corrected chi connectivity index (χ3v) is 3.93. The first-order valence-corrected chi connectivity index (χ1v) is 6.00. The van der Waals surface area contributed by atoms with Crippen LogP contribution in [0.2, 0.25) is 0 Å². The summed E-state index contributed by atoms with van der Waals surface area (Å²) in [5.74, 6) is 1.00. The van der Waals surface area contributed by atoms with Crippen molar-refractivity contribution in [1.29, 1.82) is 0 Å². The van der Waals surface area contributed by atoms with Crippen molar-refractivity contribution < 1.29 is 4.74 Å². The van der Waals surface area contributed by atoms with Crippen LogP contribution in [0.1, 0.15) is 25.7 Å². The van der Waals surface area contributed by atoms with Crippen molar-refractivity contribution in [3.63, 3.8) is 0 Å². The highest BCUT2D eigenvalue weighted by Crippen LogP contribution is 2.37. The molecule has 1 aliphatic carbocycles. The summed E-state index contributed by atoms with van der Waals surface area (Å²) in [4.78, 5) is 0. The Bertz CT molecular complexity index is 199. The number of nitrogens with one attached hydrogen (secondary N) is 2. The van der Waals surface area contributed by atoms with Gasteiger partial charge in [-0.1, -0.05) is 6.42 Å². The summed E-state index contributed by atoms with van der Waals surface area (Å²) in [5, 5.41) is 7.14. The Morgan fingerprint density at radius 1 is 1.29 bits per heavy atom. The second-order valence-corrected chi connectivity index (χ2v) is 4.95. The zero-order valence-corrected chi connectivity index (χ0v) is 8.67. The van der Waals surface area contributed by atoms with Gasteiger partial charge in [0.1, 0.15) is 0 Å². The molecule has 3 aliphatic rings. The molecule has 0 aromatic heterocycles. The molecule has 3 heteroatoms. The Kier molecular flexibility index (Phi) is 2.48. The van der Waals surface area contributed by atoms with E-state index in [0.29, 0.717) is 6.04 Å². The quantitative estimate of drug-likeness (QED) is 0.646. The first-order chi connectivity index (χ1) is 6.93. The van der Waals surface area contributed by atoms with Gasteiger partial charge in [-0.05, 0) is 25.2 Å². The summed E-state index contributed by atoms with van der Waals surface area (Å²) in [6.45, 7) is 2.84. The fourth-order valence-electron chi connectivity index (χ4n) is 2.75. The minimum absolute atomic E-state index is 0.603. The lowest BCUT2D eigenvalue weighted by Crippen LogP contribution is -2.42. The lowest BCUT2D eigenvalue weighted by atomic mass is 9.81. The van der Waals surface area contributed by atoms with Crippen LogP contribution >= 0.6 is 0 Å². The number of morpholine rings is 1. The van der Waals surface area contributed by atoms with Crippen molar-refractivity contribution in [2.24, 2.45) is 5.92 Å². The molecule has 3 fully saturated rings. The fraction of sp³-hybridized carbons (Fsp3) is 1.00. The number of hydrogen-bond acceptors (Lipinski definition) is 3. The van der Waals surface area contributed by atoms with Crippen LogP contribution in [0.5, 0.6) is 0 Å². The Labute approximate surface area is 85.6 Å². The van der Waals surface area contributed by atoms with Crippen LogP contribution < -0.4 is 10.6 Å². The Morgan fingerprint density at radius 2 is 2.21 bits per heavy atom. The van der Waals surface area contributed by atoms with E-state index >= 15 is 0 Å². The van der Waals surface area contributed by atoms with E-state index in [1.807, 2.05) is 0 Å². The molecule has 3 nitrogen and oxygen atoms in total. The van der Waals surface area contributed by atoms with Crippen LogP contribution in [0, 0.1) is 5.92 Å². The molecule has 0 aromatic rings. The Hall–Kier alpha value is -0.120. The molecule has 14 heavy (non-hydrogen) atoms. The molecule has 2 heterocycles. The van der Waals surface area contributed by atoms with Crippen molar-refractivity contribution >= 4 is 0 Å². The molecule has 0 aromatic carbocycles. The van der Waals surface area contributed by atoms with Gasteiger partial charge in [0.05, 0.1) is 13.2 Å². The predicted octanol–water partition coefficient (Wildman–Crippen LogP) is 0.505. The number of hydrogen-bond donors (Lipinski definition) is 2. The fourth-order valence-corrected chi connectivity index (χ4v) is 2.75. The highest BCUT2D eigenvalue weighted by molar-refractivity contribution is 5.05. The minimum atomic E-state index is 0.603. The van der Waals surface area contributed by atoms with Gasteiger partial charge < -0.3 is 15.4 Å². The molecule has 1 saturated carbocycles. The van der Waals surface area contributed by atoms with Gasteiger partial charge >= 0.3 is 0 Å². The van der Waals surface area contributed by atoms with Gasteiger partial charge in [-0.2, -0.15) is 0 Å². The van der Waals surface area contributed by atoms with E-state index < -0.39 is 0 Å². The lowest BCUT2D eigenvalue weighted by molar-refractivity contribution is 0.0737. The van der Waals surface area contributed by atoms with Crippen LogP contribution in [0.25, 0.3) is 0 Å². The highest BCUT2D eigenvalue weighted by atomic mass is 16.5. The SMILES string of the molecule is C1CC(C2NC2CC2COCCN2)C1. The monoisotopic (exact) mass is 196 g/mol. The van der Waals surface area contributed by atoms with Crippen LogP contribution in [-0.4, -0.2) is 37.9 Å². The van der Waals surface area contributed by atoms with Gasteiger partial charge in [0.2, 0.25) is 0 Å². The molecule has 0 radical (unpaired) electrons. The summed E-state index contributed by atoms with van der Waals surface area (Å²) in [5.41, 5.74) is 0. The molecular weight excluding hydrogens is 176 g/mol. The van der Waals surface area contributed by atoms with Gasteiger partial charge in [-0.3, -0.25) is 0 Å². The van der Waals surface area contributed by atoms with E-state index in [0.717, 1.165) is 37.8 Å². The van der Waals surface area contributed by atoms with E-state index in [4.69, 9.17) is 4.74 Å². The molecular formula is C11H20N2O. The average molecular weight is 196 g/mol. The van der Waals surface area contributed by atoms with Crippen LogP contribution in [-0.2, 0) is 4.74 Å². The molecule has 2 N–H and O–H groups in total. The average Bonchev–Trinajstić information content (AvgIpc) is 2.83. The van der Waals surface area contributed by atoms with E-state index in [-0.39, 0.29) is 0 Å². The van der Waals surface area contributed by atoms with Crippen LogP contribution in [0.4, 0.5) is 0 Å². The maximum atomic E-state index is 5.46. The van der Waals surface area contributed by atoms with Crippen molar-refractivity contribution in [3.05, 3.63) is 0 Å². The summed E-state index contributed by atoms with van der Waals surface area (Å²) in [7, 11) is 0. The van der Waals surface area contributed by atoms with Crippen molar-refractivity contribution in [1.82, 2.24) is 10.6 Å². The van der Waals surface area contributed by atoms with E-state index in [9.17, 15) is 0 Å². The van der Waals surface area contributed by atoms with E-state index in [2.05, 4.69) is 10.6 Å². The molecule has 0 bridgehead atoms. The van der Waals surface area contributed by atoms with E-state index in [1.165, 1.54) is 25.7 Å². The maximum absolute atomic E-state index is 5.46. The largest absolute Gasteiger partial charge is 0.379 e. The molecule has 0 spiro atoms. The number of ether oxygens (including phenoxy) is 1. The smallest absolute Gasteiger partial charge is 0.0620 e. The normalized spacial score (nSPS) is 43.3. The van der Waals surface area contributed by atoms with Crippen LogP contribution in [0.15, 0.2) is 0 Å². The predicted molar refractivity (Wildman–Crippen MR) is 55.3 cm³/mol. The van der Waals surface area contributed by atoms with Gasteiger partial charge in [0, 0.05) is 24.7 Å². The second-order valence-electron chi connectivity index (χ2n) is 4.95. The van der Waals surface area contributed by atoms with Crippen molar-refractivity contribution in [2.75, 3.05) is 19.8 Å². The molecule has 3 atom stereocenters. The maximum Gasteiger partial charge on any atom is 0.0620 e. The Balaban J connectivity index is 1.41. The van der Waals surface area contributed by atoms with Crippen molar-refractivity contribution in [3.8, 4) is 0 Å². The summed E-state index contributed by atoms with van der Waals surface area (Å²) in [6, 6.07) is 2.25. The second kappa shape index (κ2) is 3.80. The Morgan fingerprint density at radius 3 is 2.86 bits per heavy atom. The molecule has 3 rings (SSSR count). The molecule has 80 valence electrons. The topological polar surface area (TPSA) is 43.2 Å². The molecule has 2 aliphatic heterocycles. The van der Waals surface area contributed by atoms with Gasteiger partial charge in [-0.25, -0.2) is 0 Å². The van der Waals surface area contributed by atoms with Gasteiger partial charge in [0.25, 0.3) is 0 Å².